The van der Waals surface area contributed by atoms with E-state index in [1.807, 2.05) is 0 Å². The number of ether oxygens (including phenoxy) is 2. The normalized spacial score (nSPS) is 10.5. The molecular weight excluding hydrogens is 456 g/mol. The smallest absolute Gasteiger partial charge is 0.239 e. The summed E-state index contributed by atoms with van der Waals surface area (Å²) in [6.45, 7) is 0. The SMILES string of the molecule is COc1cc(Br)c(Oc2nc(Cl)c(Cl)cc2Cl)cc1Br. The molecule has 0 aliphatic carbocycles. The monoisotopic (exact) mass is 459 g/mol. The summed E-state index contributed by atoms with van der Waals surface area (Å²) < 4.78 is 12.2. The zero-order valence-corrected chi connectivity index (χ0v) is 15.3. The van der Waals surface area contributed by atoms with Gasteiger partial charge in [-0.1, -0.05) is 34.8 Å². The number of methoxy groups -OCH3 is 1. The number of hydrogen-bond donors (Lipinski definition) is 0. The summed E-state index contributed by atoms with van der Waals surface area (Å²) in [6, 6.07) is 4.95. The van der Waals surface area contributed by atoms with E-state index < -0.39 is 0 Å². The van der Waals surface area contributed by atoms with Crippen LogP contribution in [0.2, 0.25) is 15.2 Å². The largest absolute Gasteiger partial charge is 0.496 e. The van der Waals surface area contributed by atoms with E-state index in [2.05, 4.69) is 36.8 Å². The summed E-state index contributed by atoms with van der Waals surface area (Å²) in [5, 5.41) is 0.645. The van der Waals surface area contributed by atoms with Crippen molar-refractivity contribution in [3.05, 3.63) is 42.3 Å². The highest BCUT2D eigenvalue weighted by molar-refractivity contribution is 9.11. The van der Waals surface area contributed by atoms with Crippen LogP contribution in [0.3, 0.4) is 0 Å². The molecule has 0 aliphatic heterocycles. The van der Waals surface area contributed by atoms with E-state index in [0.29, 0.717) is 16.0 Å². The van der Waals surface area contributed by atoms with E-state index in [9.17, 15) is 0 Å². The van der Waals surface area contributed by atoms with Crippen LogP contribution in [0.15, 0.2) is 27.1 Å². The van der Waals surface area contributed by atoms with E-state index in [4.69, 9.17) is 44.3 Å². The maximum Gasteiger partial charge on any atom is 0.239 e. The molecule has 0 amide bonds. The van der Waals surface area contributed by atoms with E-state index in [1.54, 1.807) is 19.2 Å². The van der Waals surface area contributed by atoms with Gasteiger partial charge in [0.05, 0.1) is 21.1 Å². The maximum atomic E-state index is 6.02. The second kappa shape index (κ2) is 6.71. The molecule has 2 rings (SSSR count). The van der Waals surface area contributed by atoms with Crippen LogP contribution >= 0.6 is 66.7 Å². The highest BCUT2D eigenvalue weighted by atomic mass is 79.9. The van der Waals surface area contributed by atoms with Crippen molar-refractivity contribution in [2.75, 3.05) is 7.11 Å². The van der Waals surface area contributed by atoms with Crippen LogP contribution in [0.25, 0.3) is 0 Å². The third-order valence-corrected chi connectivity index (χ3v) is 4.45. The topological polar surface area (TPSA) is 31.4 Å². The van der Waals surface area contributed by atoms with Gasteiger partial charge in [-0.2, -0.15) is 4.98 Å². The third kappa shape index (κ3) is 3.52. The molecule has 3 nitrogen and oxygen atoms in total. The molecule has 0 radical (unpaired) electrons. The molecule has 0 saturated carbocycles. The first kappa shape index (κ1) is 16.2. The Balaban J connectivity index is 2.40. The maximum absolute atomic E-state index is 6.02. The fourth-order valence-corrected chi connectivity index (χ4v) is 2.77. The number of rotatable bonds is 3. The summed E-state index contributed by atoms with van der Waals surface area (Å²) in [7, 11) is 1.57. The van der Waals surface area contributed by atoms with Crippen molar-refractivity contribution in [3.8, 4) is 17.4 Å². The lowest BCUT2D eigenvalue weighted by Crippen LogP contribution is -1.93. The third-order valence-electron chi connectivity index (χ3n) is 2.27. The van der Waals surface area contributed by atoms with Gasteiger partial charge in [0, 0.05) is 0 Å². The Bertz CT molecular complexity index is 668. The Morgan fingerprint density at radius 2 is 1.55 bits per heavy atom. The van der Waals surface area contributed by atoms with Gasteiger partial charge < -0.3 is 9.47 Å². The van der Waals surface area contributed by atoms with Gasteiger partial charge in [-0.25, -0.2) is 0 Å². The van der Waals surface area contributed by atoms with Gasteiger partial charge >= 0.3 is 0 Å². The molecule has 20 heavy (non-hydrogen) atoms. The molecule has 8 heteroatoms. The zero-order valence-electron chi connectivity index (χ0n) is 9.89. The number of halogens is 5. The fraction of sp³-hybridized carbons (Fsp3) is 0.0833. The van der Waals surface area contributed by atoms with Gasteiger partial charge in [-0.3, -0.25) is 0 Å². The molecule has 0 unspecified atom stereocenters. The van der Waals surface area contributed by atoms with Gasteiger partial charge in [0.1, 0.15) is 16.5 Å². The molecule has 0 saturated heterocycles. The molecule has 1 aromatic carbocycles. The van der Waals surface area contributed by atoms with Crippen LogP contribution in [0, 0.1) is 0 Å². The summed E-state index contributed by atoms with van der Waals surface area (Å²) in [4.78, 5) is 3.99. The number of benzene rings is 1. The molecule has 1 heterocycles. The van der Waals surface area contributed by atoms with Crippen molar-refractivity contribution < 1.29 is 9.47 Å². The van der Waals surface area contributed by atoms with Gasteiger partial charge in [0.25, 0.3) is 0 Å². The zero-order chi connectivity index (χ0) is 14.9. The number of pyridine rings is 1. The minimum atomic E-state index is 0.120. The van der Waals surface area contributed by atoms with E-state index in [-0.39, 0.29) is 21.1 Å². The standard InChI is InChI=1S/C12H6Br2Cl3NO2/c1-19-9-2-6(14)10(3-5(9)13)20-12-8(16)4-7(15)11(17)18-12/h2-4H,1H3. The Labute approximate surface area is 147 Å². The Hall–Kier alpha value is -0.200. The molecule has 0 bridgehead atoms. The molecule has 1 aromatic heterocycles. The lowest BCUT2D eigenvalue weighted by atomic mass is 10.3. The highest BCUT2D eigenvalue weighted by Gasteiger charge is 2.14. The molecule has 0 fully saturated rings. The van der Waals surface area contributed by atoms with Crippen molar-refractivity contribution in [1.82, 2.24) is 4.98 Å². The first-order valence-electron chi connectivity index (χ1n) is 5.14. The highest BCUT2D eigenvalue weighted by Crippen LogP contribution is 2.40. The molecular formula is C12H6Br2Cl3NO2. The van der Waals surface area contributed by atoms with Gasteiger partial charge in [-0.15, -0.1) is 0 Å². The predicted molar refractivity (Wildman–Crippen MR) is 87.7 cm³/mol. The lowest BCUT2D eigenvalue weighted by molar-refractivity contribution is 0.408. The van der Waals surface area contributed by atoms with E-state index >= 15 is 0 Å². The molecule has 0 aliphatic rings. The average molecular weight is 462 g/mol. The summed E-state index contributed by atoms with van der Waals surface area (Å²) in [6.07, 6.45) is 0. The molecule has 0 atom stereocenters. The van der Waals surface area contributed by atoms with Gasteiger partial charge in [0.2, 0.25) is 5.88 Å². The summed E-state index contributed by atoms with van der Waals surface area (Å²) in [5.41, 5.74) is 0. The van der Waals surface area contributed by atoms with Crippen LogP contribution in [0.4, 0.5) is 0 Å². The van der Waals surface area contributed by atoms with Gasteiger partial charge in [-0.05, 0) is 50.1 Å². The van der Waals surface area contributed by atoms with Gasteiger partial charge in [0.15, 0.2) is 5.15 Å². The van der Waals surface area contributed by atoms with Crippen molar-refractivity contribution in [1.29, 1.82) is 0 Å². The lowest BCUT2D eigenvalue weighted by Gasteiger charge is -2.11. The summed E-state index contributed by atoms with van der Waals surface area (Å²) in [5.74, 6) is 1.33. The van der Waals surface area contributed by atoms with E-state index in [0.717, 1.165) is 4.47 Å². The second-order valence-electron chi connectivity index (χ2n) is 3.57. The van der Waals surface area contributed by atoms with E-state index in [1.165, 1.54) is 6.07 Å². The molecule has 0 N–H and O–H groups in total. The van der Waals surface area contributed by atoms with Crippen LogP contribution < -0.4 is 9.47 Å². The average Bonchev–Trinajstić information content (AvgIpc) is 2.39. The van der Waals surface area contributed by atoms with Crippen LogP contribution in [0.5, 0.6) is 17.4 Å². The minimum absolute atomic E-state index is 0.120. The molecule has 2 aromatic rings. The van der Waals surface area contributed by atoms with Crippen molar-refractivity contribution >= 4 is 66.7 Å². The predicted octanol–water partition coefficient (Wildman–Crippen LogP) is 6.37. The quantitative estimate of drug-likeness (QED) is 0.497. The number of aromatic nitrogens is 1. The van der Waals surface area contributed by atoms with Crippen LogP contribution in [0.1, 0.15) is 0 Å². The first-order chi connectivity index (χ1) is 9.42. The number of nitrogens with zero attached hydrogens (tertiary/aromatic N) is 1. The second-order valence-corrected chi connectivity index (χ2v) is 6.45. The fourth-order valence-electron chi connectivity index (χ4n) is 1.35. The Kier molecular flexibility index (Phi) is 5.42. The van der Waals surface area contributed by atoms with Crippen LogP contribution in [-0.2, 0) is 0 Å². The van der Waals surface area contributed by atoms with Crippen molar-refractivity contribution in [2.24, 2.45) is 0 Å². The number of hydrogen-bond acceptors (Lipinski definition) is 3. The minimum Gasteiger partial charge on any atom is -0.496 e. The Morgan fingerprint density at radius 3 is 2.20 bits per heavy atom. The first-order valence-corrected chi connectivity index (χ1v) is 7.86. The molecule has 0 spiro atoms. The Morgan fingerprint density at radius 1 is 0.950 bits per heavy atom. The van der Waals surface area contributed by atoms with Crippen LogP contribution in [-0.4, -0.2) is 12.1 Å². The van der Waals surface area contributed by atoms with Crippen molar-refractivity contribution in [3.63, 3.8) is 0 Å². The molecule has 106 valence electrons. The van der Waals surface area contributed by atoms with Crippen molar-refractivity contribution in [2.45, 2.75) is 0 Å². The summed E-state index contributed by atoms with van der Waals surface area (Å²) >= 11 is 24.4.